The molecule has 2 rings (SSSR count). The van der Waals surface area contributed by atoms with Gasteiger partial charge < -0.3 is 15.8 Å². The van der Waals surface area contributed by atoms with Crippen molar-refractivity contribution in [1.82, 2.24) is 15.0 Å². The molecule has 2 aromatic rings. The van der Waals surface area contributed by atoms with Gasteiger partial charge in [0.05, 0.1) is 35.6 Å². The first-order valence-corrected chi connectivity index (χ1v) is 6.83. The van der Waals surface area contributed by atoms with Gasteiger partial charge in [0.25, 0.3) is 0 Å². The molecule has 0 spiro atoms. The van der Waals surface area contributed by atoms with Crippen LogP contribution >= 0.6 is 11.6 Å². The minimum Gasteiger partial charge on any atom is -0.462 e. The van der Waals surface area contributed by atoms with Crippen LogP contribution in [0.2, 0.25) is 5.02 Å². The number of benzene rings is 1. The second-order valence-corrected chi connectivity index (χ2v) is 4.65. The Morgan fingerprint density at radius 3 is 3.00 bits per heavy atom. The summed E-state index contributed by atoms with van der Waals surface area (Å²) in [6, 6.07) is 3.13. The van der Waals surface area contributed by atoms with E-state index in [2.05, 4.69) is 15.6 Å². The highest BCUT2D eigenvalue weighted by atomic mass is 35.5. The lowest BCUT2D eigenvalue weighted by atomic mass is 10.1. The third-order valence-corrected chi connectivity index (χ3v) is 3.02. The largest absolute Gasteiger partial charge is 0.462 e. The van der Waals surface area contributed by atoms with Gasteiger partial charge in [0.1, 0.15) is 0 Å². The molecule has 8 heteroatoms. The van der Waals surface area contributed by atoms with Gasteiger partial charge in [-0.05, 0) is 19.1 Å². The average Bonchev–Trinajstić information content (AvgIpc) is 2.94. The molecular formula is C13H16ClN5O2. The topological polar surface area (TPSA) is 95.1 Å². The molecule has 1 heterocycles. The van der Waals surface area contributed by atoms with E-state index < -0.39 is 5.97 Å². The number of esters is 1. The van der Waals surface area contributed by atoms with Crippen molar-refractivity contribution < 1.29 is 9.53 Å². The number of nitrogen functional groups attached to an aromatic ring is 1. The van der Waals surface area contributed by atoms with Crippen LogP contribution < -0.4 is 11.1 Å². The fourth-order valence-corrected chi connectivity index (χ4v) is 2.12. The zero-order valence-corrected chi connectivity index (χ0v) is 12.3. The molecule has 0 amide bonds. The lowest BCUT2D eigenvalue weighted by molar-refractivity contribution is 0.0527. The number of nitrogens with one attached hydrogen (secondary N) is 1. The number of aromatic nitrogens is 3. The number of nitrogens with zero attached hydrogens (tertiary/aromatic N) is 3. The zero-order chi connectivity index (χ0) is 15.2. The maximum absolute atomic E-state index is 12.0. The molecular weight excluding hydrogens is 294 g/mol. The number of halogens is 1. The number of anilines is 2. The summed E-state index contributed by atoms with van der Waals surface area (Å²) in [5.41, 5.74) is 6.96. The van der Waals surface area contributed by atoms with Gasteiger partial charge >= 0.3 is 5.97 Å². The molecule has 0 saturated carbocycles. The van der Waals surface area contributed by atoms with Gasteiger partial charge in [-0.1, -0.05) is 16.8 Å². The van der Waals surface area contributed by atoms with Crippen LogP contribution in [0.1, 0.15) is 17.3 Å². The Morgan fingerprint density at radius 1 is 1.52 bits per heavy atom. The van der Waals surface area contributed by atoms with E-state index in [1.807, 2.05) is 0 Å². The molecule has 0 aliphatic heterocycles. The molecule has 0 unspecified atom stereocenters. The summed E-state index contributed by atoms with van der Waals surface area (Å²) in [6.45, 7) is 3.13. The van der Waals surface area contributed by atoms with Crippen molar-refractivity contribution in [3.8, 4) is 0 Å². The molecule has 1 aromatic heterocycles. The van der Waals surface area contributed by atoms with E-state index in [1.165, 1.54) is 0 Å². The van der Waals surface area contributed by atoms with Gasteiger partial charge in [0.15, 0.2) is 0 Å². The molecule has 0 fully saturated rings. The molecule has 0 atom stereocenters. The normalized spacial score (nSPS) is 10.4. The molecule has 0 radical (unpaired) electrons. The third-order valence-electron chi connectivity index (χ3n) is 2.72. The molecule has 112 valence electrons. The highest BCUT2D eigenvalue weighted by molar-refractivity contribution is 6.34. The quantitative estimate of drug-likeness (QED) is 0.624. The van der Waals surface area contributed by atoms with Crippen LogP contribution in [0.15, 0.2) is 24.5 Å². The number of carbonyl (C=O) groups excluding carboxylic acids is 1. The second kappa shape index (κ2) is 6.94. The maximum Gasteiger partial charge on any atom is 0.340 e. The van der Waals surface area contributed by atoms with E-state index in [0.717, 1.165) is 0 Å². The van der Waals surface area contributed by atoms with E-state index >= 15 is 0 Å². The summed E-state index contributed by atoms with van der Waals surface area (Å²) in [4.78, 5) is 12.0. The van der Waals surface area contributed by atoms with Crippen LogP contribution in [0.3, 0.4) is 0 Å². The molecule has 7 nitrogen and oxygen atoms in total. The van der Waals surface area contributed by atoms with Gasteiger partial charge in [-0.15, -0.1) is 5.10 Å². The number of carbonyl (C=O) groups is 1. The lowest BCUT2D eigenvalue weighted by Crippen LogP contribution is -2.15. The minimum absolute atomic E-state index is 0.281. The van der Waals surface area contributed by atoms with Crippen molar-refractivity contribution in [3.63, 3.8) is 0 Å². The first kappa shape index (κ1) is 15.1. The van der Waals surface area contributed by atoms with Crippen LogP contribution in [0, 0.1) is 0 Å². The van der Waals surface area contributed by atoms with Gasteiger partial charge in [-0.3, -0.25) is 4.68 Å². The van der Waals surface area contributed by atoms with E-state index in [1.54, 1.807) is 36.1 Å². The summed E-state index contributed by atoms with van der Waals surface area (Å²) < 4.78 is 6.68. The molecule has 21 heavy (non-hydrogen) atoms. The second-order valence-electron chi connectivity index (χ2n) is 4.24. The SMILES string of the molecule is CCOC(=O)c1cc(N)cc(Cl)c1NCCn1ccnn1. The van der Waals surface area contributed by atoms with Crippen LogP contribution in [-0.4, -0.2) is 34.1 Å². The van der Waals surface area contributed by atoms with Crippen molar-refractivity contribution >= 4 is 28.9 Å². The molecule has 0 saturated heterocycles. The Balaban J connectivity index is 2.14. The Hall–Kier alpha value is -2.28. The minimum atomic E-state index is -0.463. The maximum atomic E-state index is 12.0. The predicted molar refractivity (Wildman–Crippen MR) is 80.3 cm³/mol. The summed E-state index contributed by atoms with van der Waals surface area (Å²) in [6.07, 6.45) is 3.35. The fourth-order valence-electron chi connectivity index (χ4n) is 1.82. The summed E-state index contributed by atoms with van der Waals surface area (Å²) in [7, 11) is 0. The third kappa shape index (κ3) is 3.85. The Kier molecular flexibility index (Phi) is 4.99. The van der Waals surface area contributed by atoms with Crippen molar-refractivity contribution in [2.24, 2.45) is 0 Å². The van der Waals surface area contributed by atoms with E-state index in [0.29, 0.717) is 35.1 Å². The van der Waals surface area contributed by atoms with Gasteiger partial charge in [0, 0.05) is 18.4 Å². The van der Waals surface area contributed by atoms with Crippen molar-refractivity contribution in [2.75, 3.05) is 24.2 Å². The number of rotatable bonds is 6. The monoisotopic (exact) mass is 309 g/mol. The van der Waals surface area contributed by atoms with Crippen LogP contribution in [0.25, 0.3) is 0 Å². The number of nitrogens with two attached hydrogens (primary N) is 1. The summed E-state index contributed by atoms with van der Waals surface area (Å²) in [5, 5.41) is 11.0. The van der Waals surface area contributed by atoms with Gasteiger partial charge in [-0.25, -0.2) is 4.79 Å². The van der Waals surface area contributed by atoms with Crippen LogP contribution in [0.5, 0.6) is 0 Å². The van der Waals surface area contributed by atoms with Gasteiger partial charge in [-0.2, -0.15) is 0 Å². The van der Waals surface area contributed by atoms with E-state index in [4.69, 9.17) is 22.1 Å². The molecule has 0 aliphatic rings. The number of hydrogen-bond acceptors (Lipinski definition) is 6. The highest BCUT2D eigenvalue weighted by Gasteiger charge is 2.16. The Bertz CT molecular complexity index is 615. The molecule has 1 aromatic carbocycles. The Labute approximate surface area is 127 Å². The molecule has 3 N–H and O–H groups in total. The van der Waals surface area contributed by atoms with E-state index in [-0.39, 0.29) is 6.61 Å². The highest BCUT2D eigenvalue weighted by Crippen LogP contribution is 2.29. The standard InChI is InChI=1S/C13H16ClN5O2/c1-2-21-13(20)10-7-9(15)8-11(14)12(10)16-3-5-19-6-4-17-18-19/h4,6-8,16H,2-3,5,15H2,1H3. The van der Waals surface area contributed by atoms with Crippen molar-refractivity contribution in [1.29, 1.82) is 0 Å². The summed E-state index contributed by atoms with van der Waals surface area (Å²) in [5.74, 6) is -0.463. The van der Waals surface area contributed by atoms with Crippen LogP contribution in [0.4, 0.5) is 11.4 Å². The lowest BCUT2D eigenvalue weighted by Gasteiger charge is -2.14. The number of ether oxygens (including phenoxy) is 1. The smallest absolute Gasteiger partial charge is 0.340 e. The molecule has 0 aliphatic carbocycles. The summed E-state index contributed by atoms with van der Waals surface area (Å²) >= 11 is 6.15. The van der Waals surface area contributed by atoms with Gasteiger partial charge in [0.2, 0.25) is 0 Å². The fraction of sp³-hybridized carbons (Fsp3) is 0.308. The number of hydrogen-bond donors (Lipinski definition) is 2. The average molecular weight is 310 g/mol. The van der Waals surface area contributed by atoms with E-state index in [9.17, 15) is 4.79 Å². The van der Waals surface area contributed by atoms with Crippen molar-refractivity contribution in [2.45, 2.75) is 13.5 Å². The van der Waals surface area contributed by atoms with Crippen molar-refractivity contribution in [3.05, 3.63) is 35.1 Å². The Morgan fingerprint density at radius 2 is 2.33 bits per heavy atom. The predicted octanol–water partition coefficient (Wildman–Crippen LogP) is 1.80. The first-order chi connectivity index (χ1) is 10.1. The first-order valence-electron chi connectivity index (χ1n) is 6.46. The van der Waals surface area contributed by atoms with Crippen LogP contribution in [-0.2, 0) is 11.3 Å². The molecule has 0 bridgehead atoms. The zero-order valence-electron chi connectivity index (χ0n) is 11.5.